The van der Waals surface area contributed by atoms with Gasteiger partial charge < -0.3 is 9.42 Å². The Bertz CT molecular complexity index is 1170. The Morgan fingerprint density at radius 3 is 2.72 bits per heavy atom. The number of anilines is 1. The van der Waals surface area contributed by atoms with E-state index in [-0.39, 0.29) is 11.8 Å². The lowest BCUT2D eigenvalue weighted by molar-refractivity contribution is -0.117. The van der Waals surface area contributed by atoms with Crippen LogP contribution in [0.1, 0.15) is 18.2 Å². The highest BCUT2D eigenvalue weighted by Gasteiger charge is 2.35. The lowest BCUT2D eigenvalue weighted by atomic mass is 10.1. The number of halogens is 1. The first-order valence-corrected chi connectivity index (χ1v) is 9.56. The van der Waals surface area contributed by atoms with Crippen LogP contribution in [-0.4, -0.2) is 32.8 Å². The average Bonchev–Trinajstić information content (AvgIpc) is 3.48. The fourth-order valence-corrected chi connectivity index (χ4v) is 3.72. The molecule has 144 valence electrons. The smallest absolute Gasteiger partial charge is 0.275 e. The van der Waals surface area contributed by atoms with E-state index in [0.717, 1.165) is 11.3 Å². The number of carbonyl (C=O) groups excluding carboxylic acids is 1. The van der Waals surface area contributed by atoms with Gasteiger partial charge in [0.25, 0.3) is 5.89 Å². The molecule has 4 aromatic rings. The van der Waals surface area contributed by atoms with Crippen molar-refractivity contribution in [3.05, 3.63) is 71.5 Å². The molecule has 2 aromatic heterocycles. The summed E-state index contributed by atoms with van der Waals surface area (Å²) in [6, 6.07) is 19.0. The van der Waals surface area contributed by atoms with Crippen LogP contribution in [0.15, 0.2) is 65.2 Å². The van der Waals surface area contributed by atoms with Gasteiger partial charge in [-0.25, -0.2) is 0 Å². The first-order chi connectivity index (χ1) is 14.2. The molecular formula is C21H16ClN5O2. The molecule has 5 rings (SSSR count). The predicted octanol–water partition coefficient (Wildman–Crippen LogP) is 4.30. The fourth-order valence-electron chi connectivity index (χ4n) is 3.48. The zero-order chi connectivity index (χ0) is 19.8. The van der Waals surface area contributed by atoms with Gasteiger partial charge in [-0.05, 0) is 18.2 Å². The van der Waals surface area contributed by atoms with Crippen molar-refractivity contribution in [3.63, 3.8) is 0 Å². The molecule has 8 heteroatoms. The Labute approximate surface area is 171 Å². The van der Waals surface area contributed by atoms with E-state index in [2.05, 4.69) is 20.3 Å². The second kappa shape index (κ2) is 7.18. The molecule has 0 aliphatic carbocycles. The highest BCUT2D eigenvalue weighted by molar-refractivity contribution is 6.33. The molecule has 1 aliphatic heterocycles. The summed E-state index contributed by atoms with van der Waals surface area (Å²) < 4.78 is 5.42. The maximum absolute atomic E-state index is 12.5. The van der Waals surface area contributed by atoms with Crippen molar-refractivity contribution in [3.8, 4) is 22.8 Å². The number of H-pyrrole nitrogens is 1. The van der Waals surface area contributed by atoms with Gasteiger partial charge in [-0.2, -0.15) is 10.1 Å². The molecule has 0 saturated carbocycles. The maximum atomic E-state index is 12.5. The van der Waals surface area contributed by atoms with Crippen molar-refractivity contribution in [1.29, 1.82) is 0 Å². The summed E-state index contributed by atoms with van der Waals surface area (Å²) in [5.74, 6) is 0.673. The normalized spacial score (nSPS) is 16.5. The van der Waals surface area contributed by atoms with E-state index in [0.29, 0.717) is 41.1 Å². The van der Waals surface area contributed by atoms with E-state index >= 15 is 0 Å². The molecule has 0 bridgehead atoms. The third kappa shape index (κ3) is 3.30. The number of aromatic amines is 1. The van der Waals surface area contributed by atoms with Crippen molar-refractivity contribution >= 4 is 23.2 Å². The van der Waals surface area contributed by atoms with Crippen LogP contribution in [0.5, 0.6) is 0 Å². The molecule has 2 aromatic carbocycles. The Morgan fingerprint density at radius 2 is 1.90 bits per heavy atom. The first kappa shape index (κ1) is 17.6. The zero-order valence-electron chi connectivity index (χ0n) is 15.2. The summed E-state index contributed by atoms with van der Waals surface area (Å²) in [5, 5.41) is 11.9. The summed E-state index contributed by atoms with van der Waals surface area (Å²) in [5.41, 5.74) is 3.12. The van der Waals surface area contributed by atoms with Crippen LogP contribution >= 0.6 is 11.6 Å². The molecule has 1 fully saturated rings. The lowest BCUT2D eigenvalue weighted by Gasteiger charge is -2.17. The van der Waals surface area contributed by atoms with Crippen LogP contribution in [-0.2, 0) is 4.79 Å². The Kier molecular flexibility index (Phi) is 4.37. The SMILES string of the molecule is O=C1CC(c2noc(-c3cc(-c4ccccc4)n[nH]3)n2)CN1c1ccccc1Cl. The molecule has 1 aliphatic rings. The highest BCUT2D eigenvalue weighted by atomic mass is 35.5. The van der Waals surface area contributed by atoms with Gasteiger partial charge >= 0.3 is 0 Å². The minimum absolute atomic E-state index is 0.0117. The molecule has 1 amide bonds. The van der Waals surface area contributed by atoms with Crippen molar-refractivity contribution in [2.75, 3.05) is 11.4 Å². The number of benzene rings is 2. The second-order valence-electron chi connectivity index (χ2n) is 6.85. The van der Waals surface area contributed by atoms with Gasteiger partial charge in [0.1, 0.15) is 5.69 Å². The molecule has 3 heterocycles. The molecule has 1 unspecified atom stereocenters. The third-order valence-corrected chi connectivity index (χ3v) is 5.27. The summed E-state index contributed by atoms with van der Waals surface area (Å²) in [4.78, 5) is 18.7. The standard InChI is InChI=1S/C21H16ClN5O2/c22-15-8-4-5-9-18(15)27-12-14(10-19(27)28)20-23-21(29-26-20)17-11-16(24-25-17)13-6-2-1-3-7-13/h1-9,11,14H,10,12H2,(H,24,25). The zero-order valence-corrected chi connectivity index (χ0v) is 16.0. The van der Waals surface area contributed by atoms with Gasteiger partial charge in [0, 0.05) is 24.4 Å². The van der Waals surface area contributed by atoms with Crippen molar-refractivity contribution < 1.29 is 9.32 Å². The van der Waals surface area contributed by atoms with E-state index in [4.69, 9.17) is 16.1 Å². The minimum atomic E-state index is -0.159. The molecule has 0 spiro atoms. The number of hydrogen-bond donors (Lipinski definition) is 1. The predicted molar refractivity (Wildman–Crippen MR) is 108 cm³/mol. The fraction of sp³-hybridized carbons (Fsp3) is 0.143. The number of amides is 1. The van der Waals surface area contributed by atoms with Gasteiger partial charge in [0.05, 0.1) is 16.4 Å². The third-order valence-electron chi connectivity index (χ3n) is 4.95. The highest BCUT2D eigenvalue weighted by Crippen LogP contribution is 2.34. The number of para-hydroxylation sites is 1. The van der Waals surface area contributed by atoms with Crippen molar-refractivity contribution in [1.82, 2.24) is 20.3 Å². The van der Waals surface area contributed by atoms with Crippen LogP contribution < -0.4 is 4.90 Å². The monoisotopic (exact) mass is 405 g/mol. The number of carbonyl (C=O) groups is 1. The Hall–Kier alpha value is -3.45. The number of aromatic nitrogens is 4. The molecule has 1 N–H and O–H groups in total. The molecule has 1 atom stereocenters. The topological polar surface area (TPSA) is 87.9 Å². The Morgan fingerprint density at radius 1 is 1.10 bits per heavy atom. The van der Waals surface area contributed by atoms with E-state index in [1.54, 1.807) is 11.0 Å². The van der Waals surface area contributed by atoms with Crippen molar-refractivity contribution in [2.24, 2.45) is 0 Å². The summed E-state index contributed by atoms with van der Waals surface area (Å²) in [6.07, 6.45) is 0.308. The summed E-state index contributed by atoms with van der Waals surface area (Å²) in [6.45, 7) is 0.458. The number of nitrogens with one attached hydrogen (secondary N) is 1. The van der Waals surface area contributed by atoms with E-state index in [9.17, 15) is 4.79 Å². The van der Waals surface area contributed by atoms with E-state index < -0.39 is 0 Å². The average molecular weight is 406 g/mol. The molecule has 1 saturated heterocycles. The van der Waals surface area contributed by atoms with E-state index in [1.165, 1.54) is 0 Å². The van der Waals surface area contributed by atoms with Crippen LogP contribution in [0.2, 0.25) is 5.02 Å². The molecule has 7 nitrogen and oxygen atoms in total. The first-order valence-electron chi connectivity index (χ1n) is 9.19. The largest absolute Gasteiger partial charge is 0.332 e. The van der Waals surface area contributed by atoms with Crippen LogP contribution in [0, 0.1) is 0 Å². The number of rotatable bonds is 4. The number of nitrogens with zero attached hydrogens (tertiary/aromatic N) is 4. The van der Waals surface area contributed by atoms with Gasteiger partial charge in [-0.15, -0.1) is 0 Å². The molecule has 0 radical (unpaired) electrons. The Balaban J connectivity index is 1.37. The van der Waals surface area contributed by atoms with Crippen LogP contribution in [0.25, 0.3) is 22.8 Å². The summed E-state index contributed by atoms with van der Waals surface area (Å²) >= 11 is 6.25. The maximum Gasteiger partial charge on any atom is 0.275 e. The second-order valence-corrected chi connectivity index (χ2v) is 7.25. The van der Waals surface area contributed by atoms with E-state index in [1.807, 2.05) is 54.6 Å². The van der Waals surface area contributed by atoms with Crippen LogP contribution in [0.3, 0.4) is 0 Å². The van der Waals surface area contributed by atoms with Gasteiger partial charge in [-0.3, -0.25) is 9.89 Å². The van der Waals surface area contributed by atoms with Gasteiger partial charge in [0.2, 0.25) is 5.91 Å². The lowest BCUT2D eigenvalue weighted by Crippen LogP contribution is -2.24. The van der Waals surface area contributed by atoms with Crippen LogP contribution in [0.4, 0.5) is 5.69 Å². The minimum Gasteiger partial charge on any atom is -0.332 e. The number of hydrogen-bond acceptors (Lipinski definition) is 5. The van der Waals surface area contributed by atoms with Crippen molar-refractivity contribution in [2.45, 2.75) is 12.3 Å². The summed E-state index contributed by atoms with van der Waals surface area (Å²) in [7, 11) is 0. The quantitative estimate of drug-likeness (QED) is 0.546. The molecule has 29 heavy (non-hydrogen) atoms. The molecular weight excluding hydrogens is 390 g/mol. The van der Waals surface area contributed by atoms with Gasteiger partial charge in [-0.1, -0.05) is 59.2 Å². The van der Waals surface area contributed by atoms with Gasteiger partial charge in [0.15, 0.2) is 5.82 Å².